The van der Waals surface area contributed by atoms with Crippen molar-refractivity contribution in [1.29, 1.82) is 0 Å². The molecule has 3 heterocycles. The zero-order valence-electron chi connectivity index (χ0n) is 24.6. The lowest BCUT2D eigenvalue weighted by molar-refractivity contribution is -0.127. The van der Waals surface area contributed by atoms with Crippen LogP contribution in [0.3, 0.4) is 0 Å². The number of rotatable bonds is 6. The molecule has 2 amide bonds. The predicted octanol–water partition coefficient (Wildman–Crippen LogP) is 4.97. The monoisotopic (exact) mass is 628 g/mol. The maximum absolute atomic E-state index is 13.4. The van der Waals surface area contributed by atoms with Crippen molar-refractivity contribution < 1.29 is 19.1 Å². The maximum Gasteiger partial charge on any atom is 0.413 e. The largest absolute Gasteiger partial charge is 0.485 e. The molecule has 2 bridgehead atoms. The highest BCUT2D eigenvalue weighted by Crippen LogP contribution is 2.62. The van der Waals surface area contributed by atoms with Crippen LogP contribution in [0.4, 0.5) is 4.79 Å². The Kier molecular flexibility index (Phi) is 9.61. The van der Waals surface area contributed by atoms with E-state index in [1.54, 1.807) is 0 Å². The topological polar surface area (TPSA) is 83.1 Å². The van der Waals surface area contributed by atoms with E-state index in [1.165, 1.54) is 24.0 Å². The third kappa shape index (κ3) is 5.75. The van der Waals surface area contributed by atoms with Crippen LogP contribution in [0, 0.1) is 5.92 Å². The summed E-state index contributed by atoms with van der Waals surface area (Å²) in [5.41, 5.74) is 6.51. The van der Waals surface area contributed by atoms with Gasteiger partial charge in [-0.05, 0) is 56.5 Å². The van der Waals surface area contributed by atoms with Crippen LogP contribution in [-0.4, -0.2) is 66.8 Å². The van der Waals surface area contributed by atoms with Crippen LogP contribution in [-0.2, 0) is 23.1 Å². The summed E-state index contributed by atoms with van der Waals surface area (Å²) in [6, 6.07) is 13.4. The molecule has 2 aromatic rings. The zero-order valence-corrected chi connectivity index (χ0v) is 26.3. The summed E-state index contributed by atoms with van der Waals surface area (Å²) in [5, 5.41) is 4.87. The second-order valence-corrected chi connectivity index (χ2v) is 12.4. The molecule has 2 fully saturated rings. The smallest absolute Gasteiger partial charge is 0.413 e. The summed E-state index contributed by atoms with van der Waals surface area (Å²) in [5.74, 6) is 1.33. The first-order chi connectivity index (χ1) is 20.0. The average molecular weight is 630 g/mol. The van der Waals surface area contributed by atoms with Gasteiger partial charge in [0, 0.05) is 48.9 Å². The van der Waals surface area contributed by atoms with E-state index < -0.39 is 12.1 Å². The van der Waals surface area contributed by atoms with Crippen LogP contribution in [0.5, 0.6) is 11.5 Å². The van der Waals surface area contributed by atoms with Crippen molar-refractivity contribution >= 4 is 36.8 Å². The van der Waals surface area contributed by atoms with Crippen LogP contribution in [0.25, 0.3) is 0 Å². The number of likely N-dealkylation sites (tertiary alicyclic amines) is 1. The van der Waals surface area contributed by atoms with E-state index in [4.69, 9.17) is 9.47 Å². The molecule has 5 atom stereocenters. The van der Waals surface area contributed by atoms with Gasteiger partial charge in [-0.3, -0.25) is 10.2 Å². The van der Waals surface area contributed by atoms with Crippen molar-refractivity contribution in [2.75, 3.05) is 26.7 Å². The molecule has 1 spiro atoms. The first kappa shape index (κ1) is 31.6. The summed E-state index contributed by atoms with van der Waals surface area (Å²) in [4.78, 5) is 29.3. The van der Waals surface area contributed by atoms with E-state index in [-0.39, 0.29) is 42.2 Å². The average Bonchev–Trinajstić information content (AvgIpc) is 3.11. The first-order valence-electron chi connectivity index (χ1n) is 15.3. The molecule has 2 aliphatic carbocycles. The van der Waals surface area contributed by atoms with Gasteiger partial charge < -0.3 is 19.7 Å². The van der Waals surface area contributed by atoms with Gasteiger partial charge in [0.15, 0.2) is 11.5 Å². The van der Waals surface area contributed by atoms with Crippen molar-refractivity contribution in [2.45, 2.75) is 75.0 Å². The number of ether oxygens (including phenoxy) is 2. The number of hydrogen-bond donors (Lipinski definition) is 2. The van der Waals surface area contributed by atoms with Gasteiger partial charge in [-0.1, -0.05) is 61.4 Å². The molecule has 0 aromatic heterocycles. The Morgan fingerprint density at radius 1 is 1.05 bits per heavy atom. The highest BCUT2D eigenvalue weighted by Gasteiger charge is 2.62. The number of nitrogens with zero attached hydrogens (tertiary/aromatic N) is 2. The number of likely N-dealkylation sites (N-methyl/N-ethyl adjacent to an activating group) is 1. The molecule has 2 N–H and O–H groups in total. The van der Waals surface area contributed by atoms with Crippen LogP contribution in [0.15, 0.2) is 54.6 Å². The van der Waals surface area contributed by atoms with Gasteiger partial charge in [-0.25, -0.2) is 9.80 Å². The fourth-order valence-electron chi connectivity index (χ4n) is 8.03. The number of halogens is 2. The zero-order chi connectivity index (χ0) is 28.0. The van der Waals surface area contributed by atoms with Crippen LogP contribution in [0.1, 0.15) is 55.2 Å². The summed E-state index contributed by atoms with van der Waals surface area (Å²) in [7, 11) is 2.23. The number of benzene rings is 2. The summed E-state index contributed by atoms with van der Waals surface area (Å²) in [6.07, 6.45) is 11.8. The number of carbonyl (C=O) groups excluding carboxylic acids is 2. The number of amides is 2. The van der Waals surface area contributed by atoms with E-state index in [2.05, 4.69) is 40.9 Å². The fourth-order valence-corrected chi connectivity index (χ4v) is 8.03. The Balaban J connectivity index is 0.00000184. The lowest BCUT2D eigenvalue weighted by atomic mass is 9.54. The molecule has 7 rings (SSSR count). The Bertz CT molecular complexity index is 1350. The fraction of sp³-hybridized carbons (Fsp3) is 0.515. The molecule has 3 aliphatic heterocycles. The Morgan fingerprint density at radius 3 is 2.58 bits per heavy atom. The highest BCUT2D eigenvalue weighted by atomic mass is 35.5. The maximum atomic E-state index is 13.4. The van der Waals surface area contributed by atoms with Crippen molar-refractivity contribution in [3.8, 4) is 11.5 Å². The Labute approximate surface area is 266 Å². The number of hydrogen-bond acceptors (Lipinski definition) is 6. The molecule has 5 aliphatic rings. The van der Waals surface area contributed by atoms with Crippen molar-refractivity contribution in [3.05, 3.63) is 71.3 Å². The van der Waals surface area contributed by atoms with E-state index in [1.807, 2.05) is 41.4 Å². The van der Waals surface area contributed by atoms with Gasteiger partial charge in [0.25, 0.3) is 5.91 Å². The molecule has 2 saturated heterocycles. The van der Waals surface area contributed by atoms with Crippen LogP contribution in [0.2, 0.25) is 0 Å². The lowest BCUT2D eigenvalue weighted by Crippen LogP contribution is -2.62. The molecule has 0 radical (unpaired) electrons. The van der Waals surface area contributed by atoms with E-state index in [9.17, 15) is 9.59 Å². The second kappa shape index (κ2) is 13.1. The molecule has 232 valence electrons. The van der Waals surface area contributed by atoms with Gasteiger partial charge in [0.2, 0.25) is 0 Å². The second-order valence-electron chi connectivity index (χ2n) is 12.4. The highest BCUT2D eigenvalue weighted by molar-refractivity contribution is 5.86. The molecular weight excluding hydrogens is 587 g/mol. The van der Waals surface area contributed by atoms with E-state index in [0.717, 1.165) is 57.3 Å². The Morgan fingerprint density at radius 2 is 1.81 bits per heavy atom. The van der Waals surface area contributed by atoms with Gasteiger partial charge in [0.1, 0.15) is 12.1 Å². The molecule has 10 heteroatoms. The van der Waals surface area contributed by atoms with Crippen LogP contribution >= 0.6 is 24.8 Å². The first-order valence-corrected chi connectivity index (χ1v) is 15.3. The number of nitrogens with one attached hydrogen (secondary N) is 2. The van der Waals surface area contributed by atoms with Crippen LogP contribution < -0.4 is 20.2 Å². The predicted molar refractivity (Wildman–Crippen MR) is 170 cm³/mol. The SMILES string of the molecule is CN1CC[C@]23c4c5ccc(OC(=O)NC(Cc6ccccc6)C(=O)NN6CCCCCC6)c4O[C@H]2CC=CC3C1C5.Cl.Cl. The van der Waals surface area contributed by atoms with Gasteiger partial charge in [0.05, 0.1) is 0 Å². The molecule has 0 saturated carbocycles. The molecule has 2 aromatic carbocycles. The molecular formula is C33H42Cl2N4O4. The van der Waals surface area contributed by atoms with Crippen molar-refractivity contribution in [1.82, 2.24) is 20.7 Å². The van der Waals surface area contributed by atoms with Gasteiger partial charge in [-0.15, -0.1) is 24.8 Å². The van der Waals surface area contributed by atoms with Crippen molar-refractivity contribution in [2.24, 2.45) is 5.92 Å². The summed E-state index contributed by atoms with van der Waals surface area (Å²) < 4.78 is 12.6. The molecule has 3 unspecified atom stereocenters. The standard InChI is InChI=1S/C33H40N4O4.2ClH/c1-36-19-16-33-24-12-9-13-28(33)41-30-27(15-14-23(29(30)33)21-26(24)36)40-32(39)34-25(20-22-10-5-4-6-11-22)31(38)35-37-17-7-2-3-8-18-37;;/h4-6,9-12,14-15,24-26,28H,2-3,7-8,13,16-21H2,1H3,(H,34,39)(H,35,38);2*1H/t24?,25?,26?,28-,33+;;/m0../s1. The number of piperidine rings is 1. The molecule has 43 heavy (non-hydrogen) atoms. The third-order valence-corrected chi connectivity index (χ3v) is 10.1. The minimum absolute atomic E-state index is 0. The minimum atomic E-state index is -0.773. The minimum Gasteiger partial charge on any atom is -0.485 e. The van der Waals surface area contributed by atoms with Crippen molar-refractivity contribution in [3.63, 3.8) is 0 Å². The number of hydrazine groups is 1. The molecule has 8 nitrogen and oxygen atoms in total. The quantitative estimate of drug-likeness (QED) is 0.440. The number of carbonyl (C=O) groups is 2. The lowest BCUT2D eigenvalue weighted by Gasteiger charge is -2.55. The van der Waals surface area contributed by atoms with Gasteiger partial charge >= 0.3 is 6.09 Å². The normalized spacial score (nSPS) is 27.7. The van der Waals surface area contributed by atoms with Gasteiger partial charge in [-0.2, -0.15) is 0 Å². The third-order valence-electron chi connectivity index (χ3n) is 10.1. The van der Waals surface area contributed by atoms with E-state index in [0.29, 0.717) is 29.9 Å². The Hall–Kier alpha value is -2.78. The summed E-state index contributed by atoms with van der Waals surface area (Å²) in [6.45, 7) is 2.67. The van der Waals surface area contributed by atoms with E-state index >= 15 is 0 Å². The summed E-state index contributed by atoms with van der Waals surface area (Å²) >= 11 is 0.